The molecular formula is C18H28N2O2. The molecule has 0 spiro atoms. The highest BCUT2D eigenvalue weighted by Crippen LogP contribution is 2.28. The third kappa shape index (κ3) is 3.72. The Balaban J connectivity index is 1.61. The lowest BCUT2D eigenvalue weighted by molar-refractivity contribution is -0.118. The Morgan fingerprint density at radius 2 is 1.91 bits per heavy atom. The summed E-state index contributed by atoms with van der Waals surface area (Å²) in [6.45, 7) is 5.77. The smallest absolute Gasteiger partial charge is 0.247 e. The average Bonchev–Trinajstić information content (AvgIpc) is 2.56. The van der Waals surface area contributed by atoms with E-state index in [-0.39, 0.29) is 5.91 Å². The Labute approximate surface area is 133 Å². The number of nitrogens with zero attached hydrogens (tertiary/aromatic N) is 1. The summed E-state index contributed by atoms with van der Waals surface area (Å²) < 4.78 is 5.42. The highest BCUT2D eigenvalue weighted by molar-refractivity contribution is 5.94. The molecule has 3 rings (SSSR count). The first-order valence-corrected chi connectivity index (χ1v) is 8.78. The van der Waals surface area contributed by atoms with E-state index < -0.39 is 0 Å². The van der Waals surface area contributed by atoms with Gasteiger partial charge in [0, 0.05) is 36.3 Å². The standard InChI is InChI=1S/C18H28N2O2/c1-14-13-15(18(21)19-16-5-3-2-4-6-16)7-8-17(14)20-9-11-22-12-10-20/h7-8,14,16H,2-6,9-13H2,1H3,(H,19,21). The number of allylic oxidation sites excluding steroid dienone is 3. The molecule has 1 saturated heterocycles. The van der Waals surface area contributed by atoms with Crippen LogP contribution in [0.5, 0.6) is 0 Å². The van der Waals surface area contributed by atoms with Crippen molar-refractivity contribution in [3.05, 3.63) is 23.4 Å². The molecule has 0 bridgehead atoms. The van der Waals surface area contributed by atoms with Crippen molar-refractivity contribution in [3.8, 4) is 0 Å². The molecule has 0 aromatic carbocycles. The fraction of sp³-hybridized carbons (Fsp3) is 0.722. The molecule has 1 atom stereocenters. The minimum absolute atomic E-state index is 0.149. The number of rotatable bonds is 3. The molecule has 3 aliphatic rings. The fourth-order valence-electron chi connectivity index (χ4n) is 3.78. The number of hydrogen-bond donors (Lipinski definition) is 1. The molecule has 1 aliphatic heterocycles. The van der Waals surface area contributed by atoms with Crippen LogP contribution in [-0.4, -0.2) is 43.2 Å². The van der Waals surface area contributed by atoms with Crippen LogP contribution in [0.4, 0.5) is 0 Å². The highest BCUT2D eigenvalue weighted by Gasteiger charge is 2.25. The van der Waals surface area contributed by atoms with Gasteiger partial charge in [0.05, 0.1) is 13.2 Å². The second-order valence-electron chi connectivity index (χ2n) is 6.80. The predicted molar refractivity (Wildman–Crippen MR) is 87.4 cm³/mol. The first-order valence-electron chi connectivity index (χ1n) is 8.78. The van der Waals surface area contributed by atoms with E-state index in [2.05, 4.69) is 23.2 Å². The van der Waals surface area contributed by atoms with Gasteiger partial charge in [-0.25, -0.2) is 0 Å². The van der Waals surface area contributed by atoms with Gasteiger partial charge in [-0.2, -0.15) is 0 Å². The molecule has 2 fully saturated rings. The van der Waals surface area contributed by atoms with Crippen LogP contribution in [0.2, 0.25) is 0 Å². The summed E-state index contributed by atoms with van der Waals surface area (Å²) in [5.41, 5.74) is 2.30. The minimum atomic E-state index is 0.149. The molecule has 2 aliphatic carbocycles. The van der Waals surface area contributed by atoms with E-state index in [1.807, 2.05) is 6.08 Å². The van der Waals surface area contributed by atoms with Crippen LogP contribution in [0.25, 0.3) is 0 Å². The zero-order chi connectivity index (χ0) is 15.4. The van der Waals surface area contributed by atoms with Crippen LogP contribution in [0.1, 0.15) is 45.4 Å². The van der Waals surface area contributed by atoms with Gasteiger partial charge >= 0.3 is 0 Å². The lowest BCUT2D eigenvalue weighted by Gasteiger charge is -2.35. The molecule has 22 heavy (non-hydrogen) atoms. The second kappa shape index (κ2) is 7.32. The molecule has 0 aromatic heterocycles. The summed E-state index contributed by atoms with van der Waals surface area (Å²) >= 11 is 0. The van der Waals surface area contributed by atoms with Gasteiger partial charge in [0.1, 0.15) is 0 Å². The normalized spacial score (nSPS) is 27.1. The van der Waals surface area contributed by atoms with Crippen LogP contribution in [0.3, 0.4) is 0 Å². The first kappa shape index (κ1) is 15.6. The third-order valence-corrected chi connectivity index (χ3v) is 5.09. The fourth-order valence-corrected chi connectivity index (χ4v) is 3.78. The summed E-state index contributed by atoms with van der Waals surface area (Å²) in [6.07, 6.45) is 11.1. The molecule has 0 aromatic rings. The molecule has 0 radical (unpaired) electrons. The maximum Gasteiger partial charge on any atom is 0.247 e. The summed E-state index contributed by atoms with van der Waals surface area (Å²) in [6, 6.07) is 0.391. The first-order chi connectivity index (χ1) is 10.7. The highest BCUT2D eigenvalue weighted by atomic mass is 16.5. The zero-order valence-electron chi connectivity index (χ0n) is 13.6. The predicted octanol–water partition coefficient (Wildman–Crippen LogP) is 2.62. The summed E-state index contributed by atoms with van der Waals surface area (Å²) in [5.74, 6) is 0.561. The molecule has 4 heteroatoms. The summed E-state index contributed by atoms with van der Waals surface area (Å²) in [5, 5.41) is 3.23. The molecule has 1 heterocycles. The molecule has 1 saturated carbocycles. The number of morpholine rings is 1. The van der Waals surface area contributed by atoms with E-state index in [0.29, 0.717) is 12.0 Å². The van der Waals surface area contributed by atoms with Crippen molar-refractivity contribution in [2.75, 3.05) is 26.3 Å². The number of carbonyl (C=O) groups is 1. The Morgan fingerprint density at radius 1 is 1.18 bits per heavy atom. The van der Waals surface area contributed by atoms with Crippen LogP contribution in [0, 0.1) is 5.92 Å². The number of nitrogens with one attached hydrogen (secondary N) is 1. The lowest BCUT2D eigenvalue weighted by atomic mass is 9.90. The average molecular weight is 304 g/mol. The van der Waals surface area contributed by atoms with E-state index in [1.54, 1.807) is 0 Å². The van der Waals surface area contributed by atoms with Gasteiger partial charge in [0.15, 0.2) is 0 Å². The minimum Gasteiger partial charge on any atom is -0.378 e. The van der Waals surface area contributed by atoms with Crippen molar-refractivity contribution in [2.45, 2.75) is 51.5 Å². The van der Waals surface area contributed by atoms with Crippen molar-refractivity contribution in [1.82, 2.24) is 10.2 Å². The van der Waals surface area contributed by atoms with E-state index in [9.17, 15) is 4.79 Å². The number of amides is 1. The number of carbonyl (C=O) groups excluding carboxylic acids is 1. The number of hydrogen-bond acceptors (Lipinski definition) is 3. The molecule has 1 amide bonds. The molecule has 1 N–H and O–H groups in total. The van der Waals surface area contributed by atoms with Gasteiger partial charge in [-0.05, 0) is 25.3 Å². The van der Waals surface area contributed by atoms with Gasteiger partial charge in [0.25, 0.3) is 0 Å². The van der Waals surface area contributed by atoms with Crippen LogP contribution < -0.4 is 5.32 Å². The van der Waals surface area contributed by atoms with Crippen molar-refractivity contribution >= 4 is 5.91 Å². The lowest BCUT2D eigenvalue weighted by Crippen LogP contribution is -2.40. The second-order valence-corrected chi connectivity index (χ2v) is 6.80. The topological polar surface area (TPSA) is 41.6 Å². The third-order valence-electron chi connectivity index (χ3n) is 5.09. The summed E-state index contributed by atoms with van der Waals surface area (Å²) in [7, 11) is 0. The van der Waals surface area contributed by atoms with Gasteiger partial charge in [-0.15, -0.1) is 0 Å². The van der Waals surface area contributed by atoms with Crippen molar-refractivity contribution in [2.24, 2.45) is 5.92 Å². The molecule has 4 nitrogen and oxygen atoms in total. The molecule has 1 unspecified atom stereocenters. The van der Waals surface area contributed by atoms with Gasteiger partial charge < -0.3 is 15.0 Å². The summed E-state index contributed by atoms with van der Waals surface area (Å²) in [4.78, 5) is 14.9. The van der Waals surface area contributed by atoms with Crippen molar-refractivity contribution in [3.63, 3.8) is 0 Å². The van der Waals surface area contributed by atoms with Crippen LogP contribution in [-0.2, 0) is 9.53 Å². The van der Waals surface area contributed by atoms with E-state index in [4.69, 9.17) is 4.74 Å². The maximum atomic E-state index is 12.5. The molecule has 122 valence electrons. The largest absolute Gasteiger partial charge is 0.378 e. The Morgan fingerprint density at radius 3 is 2.59 bits per heavy atom. The maximum absolute atomic E-state index is 12.5. The van der Waals surface area contributed by atoms with Crippen molar-refractivity contribution in [1.29, 1.82) is 0 Å². The van der Waals surface area contributed by atoms with Gasteiger partial charge in [-0.1, -0.05) is 32.3 Å². The monoisotopic (exact) mass is 304 g/mol. The zero-order valence-corrected chi connectivity index (χ0v) is 13.6. The Hall–Kier alpha value is -1.29. The Kier molecular flexibility index (Phi) is 5.19. The van der Waals surface area contributed by atoms with Gasteiger partial charge in [-0.3, -0.25) is 4.79 Å². The van der Waals surface area contributed by atoms with Crippen LogP contribution >= 0.6 is 0 Å². The number of ether oxygens (including phenoxy) is 1. The Bertz CT molecular complexity index is 458. The van der Waals surface area contributed by atoms with E-state index >= 15 is 0 Å². The molecular weight excluding hydrogens is 276 g/mol. The SMILES string of the molecule is CC1CC(C(=O)NC2CCCCC2)=CC=C1N1CCOCC1. The quantitative estimate of drug-likeness (QED) is 0.871. The van der Waals surface area contributed by atoms with E-state index in [1.165, 1.54) is 25.0 Å². The van der Waals surface area contributed by atoms with E-state index in [0.717, 1.165) is 51.1 Å². The van der Waals surface area contributed by atoms with Crippen molar-refractivity contribution < 1.29 is 9.53 Å². The van der Waals surface area contributed by atoms with Crippen LogP contribution in [0.15, 0.2) is 23.4 Å². The van der Waals surface area contributed by atoms with Gasteiger partial charge in [0.2, 0.25) is 5.91 Å².